The van der Waals surface area contributed by atoms with Gasteiger partial charge in [-0.1, -0.05) is 11.4 Å². The fraction of sp³-hybridized carbons (Fsp3) is 0.429. The van der Waals surface area contributed by atoms with E-state index < -0.39 is 0 Å². The second-order valence-corrected chi connectivity index (χ2v) is 5.28. The van der Waals surface area contributed by atoms with Gasteiger partial charge in [0, 0.05) is 30.8 Å². The van der Waals surface area contributed by atoms with Crippen LogP contribution in [0.15, 0.2) is 24.3 Å². The van der Waals surface area contributed by atoms with E-state index in [0.717, 1.165) is 41.6 Å². The summed E-state index contributed by atoms with van der Waals surface area (Å²) in [5, 5.41) is 8.64. The first-order valence-corrected chi connectivity index (χ1v) is 7.42. The third-order valence-corrected chi connectivity index (χ3v) is 3.72. The lowest BCUT2D eigenvalue weighted by molar-refractivity contribution is 0.415. The Morgan fingerprint density at radius 3 is 2.70 bits per heavy atom. The van der Waals surface area contributed by atoms with Crippen LogP contribution in [0.3, 0.4) is 0 Å². The fourth-order valence-electron chi connectivity index (χ4n) is 1.84. The lowest BCUT2D eigenvalue weighted by atomic mass is 10.2. The Hall–Kier alpha value is -1.82. The maximum atomic E-state index is 5.17. The summed E-state index contributed by atoms with van der Waals surface area (Å²) in [5.74, 6) is 0.864. The van der Waals surface area contributed by atoms with Crippen LogP contribution in [-0.2, 0) is 6.54 Å². The molecule has 1 heterocycles. The topological polar surface area (TPSA) is 50.3 Å². The number of hydrogen-bond acceptors (Lipinski definition) is 6. The number of hydrogen-bond donors (Lipinski definition) is 1. The third kappa shape index (κ3) is 3.60. The Morgan fingerprint density at radius 2 is 2.05 bits per heavy atom. The number of rotatable bonds is 7. The smallest absolute Gasteiger partial charge is 0.135 e. The molecule has 0 aliphatic heterocycles. The summed E-state index contributed by atoms with van der Waals surface area (Å²) in [4.78, 5) is 2.15. The molecule has 0 radical (unpaired) electrons. The van der Waals surface area contributed by atoms with Crippen LogP contribution in [0, 0.1) is 0 Å². The van der Waals surface area contributed by atoms with E-state index in [4.69, 9.17) is 4.74 Å². The van der Waals surface area contributed by atoms with Gasteiger partial charge in [0.05, 0.1) is 13.7 Å². The summed E-state index contributed by atoms with van der Waals surface area (Å²) >= 11 is 1.41. The van der Waals surface area contributed by atoms with E-state index in [2.05, 4.69) is 26.7 Å². The maximum Gasteiger partial charge on any atom is 0.135 e. The number of methoxy groups -OCH3 is 1. The summed E-state index contributed by atoms with van der Waals surface area (Å²) in [6.45, 7) is 3.82. The fourth-order valence-corrected chi connectivity index (χ4v) is 2.44. The van der Waals surface area contributed by atoms with Crippen molar-refractivity contribution in [2.75, 3.05) is 30.9 Å². The second-order valence-electron chi connectivity index (χ2n) is 4.53. The average molecular weight is 292 g/mol. The molecule has 5 nitrogen and oxygen atoms in total. The molecule has 6 heteroatoms. The van der Waals surface area contributed by atoms with E-state index >= 15 is 0 Å². The van der Waals surface area contributed by atoms with Gasteiger partial charge in [-0.3, -0.25) is 0 Å². The number of nitrogens with zero attached hydrogens (tertiary/aromatic N) is 3. The molecule has 20 heavy (non-hydrogen) atoms. The molecule has 0 amide bonds. The minimum absolute atomic E-state index is 0.731. The largest absolute Gasteiger partial charge is 0.497 e. The lowest BCUT2D eigenvalue weighted by Gasteiger charge is -2.18. The Balaban J connectivity index is 2.03. The summed E-state index contributed by atoms with van der Waals surface area (Å²) in [6, 6.07) is 8.00. The van der Waals surface area contributed by atoms with Crippen LogP contribution >= 0.6 is 11.5 Å². The SMILES string of the molecule is CCCNc1snnc1CN(C)c1ccc(OC)cc1. The predicted molar refractivity (Wildman–Crippen MR) is 83.8 cm³/mol. The first-order valence-electron chi connectivity index (χ1n) is 6.65. The van der Waals surface area contributed by atoms with Crippen molar-refractivity contribution in [2.45, 2.75) is 19.9 Å². The monoisotopic (exact) mass is 292 g/mol. The van der Waals surface area contributed by atoms with Crippen molar-refractivity contribution >= 4 is 22.2 Å². The van der Waals surface area contributed by atoms with Crippen molar-refractivity contribution in [1.29, 1.82) is 0 Å². The summed E-state index contributed by atoms with van der Waals surface area (Å²) in [5.41, 5.74) is 2.11. The summed E-state index contributed by atoms with van der Waals surface area (Å²) < 4.78 is 9.20. The van der Waals surface area contributed by atoms with E-state index in [1.54, 1.807) is 7.11 Å². The maximum absolute atomic E-state index is 5.17. The van der Waals surface area contributed by atoms with E-state index in [1.807, 2.05) is 31.3 Å². The molecule has 1 aromatic carbocycles. The Morgan fingerprint density at radius 1 is 1.30 bits per heavy atom. The van der Waals surface area contributed by atoms with E-state index in [9.17, 15) is 0 Å². The number of benzene rings is 1. The average Bonchev–Trinajstić information content (AvgIpc) is 2.92. The first-order chi connectivity index (χ1) is 9.74. The molecule has 0 aliphatic rings. The lowest BCUT2D eigenvalue weighted by Crippen LogP contribution is -2.17. The highest BCUT2D eigenvalue weighted by molar-refractivity contribution is 7.10. The van der Waals surface area contributed by atoms with Gasteiger partial charge in [-0.2, -0.15) is 0 Å². The van der Waals surface area contributed by atoms with Gasteiger partial charge < -0.3 is 15.0 Å². The molecular weight excluding hydrogens is 272 g/mol. The normalized spacial score (nSPS) is 10.3. The van der Waals surface area contributed by atoms with Crippen LogP contribution in [0.1, 0.15) is 19.0 Å². The molecule has 1 aromatic heterocycles. The molecule has 0 aliphatic carbocycles. The van der Waals surface area contributed by atoms with Crippen molar-refractivity contribution < 1.29 is 4.74 Å². The number of nitrogens with one attached hydrogen (secondary N) is 1. The van der Waals surface area contributed by atoms with Crippen molar-refractivity contribution in [2.24, 2.45) is 0 Å². The number of aromatic nitrogens is 2. The van der Waals surface area contributed by atoms with Gasteiger partial charge in [-0.05, 0) is 30.7 Å². The first kappa shape index (κ1) is 14.6. The standard InChI is InChI=1S/C14H20N4OS/c1-4-9-15-14-13(16-17-20-14)10-18(2)11-5-7-12(19-3)8-6-11/h5-8,15H,4,9-10H2,1-3H3. The number of anilines is 2. The van der Waals surface area contributed by atoms with Gasteiger partial charge >= 0.3 is 0 Å². The molecule has 0 atom stereocenters. The highest BCUT2D eigenvalue weighted by Crippen LogP contribution is 2.23. The molecule has 0 unspecified atom stereocenters. The van der Waals surface area contributed by atoms with E-state index in [1.165, 1.54) is 11.5 Å². The van der Waals surface area contributed by atoms with Crippen LogP contribution in [0.5, 0.6) is 5.75 Å². The van der Waals surface area contributed by atoms with E-state index in [-0.39, 0.29) is 0 Å². The predicted octanol–water partition coefficient (Wildman–Crippen LogP) is 3.01. The van der Waals surface area contributed by atoms with E-state index in [0.29, 0.717) is 0 Å². The summed E-state index contributed by atoms with van der Waals surface area (Å²) in [7, 11) is 3.72. The molecule has 0 saturated carbocycles. The van der Waals surface area contributed by atoms with Crippen LogP contribution in [0.2, 0.25) is 0 Å². The van der Waals surface area contributed by atoms with Crippen LogP contribution in [0.25, 0.3) is 0 Å². The van der Waals surface area contributed by atoms with Gasteiger partial charge in [-0.25, -0.2) is 0 Å². The zero-order valence-electron chi connectivity index (χ0n) is 12.1. The van der Waals surface area contributed by atoms with Crippen LogP contribution in [0.4, 0.5) is 10.7 Å². The molecule has 0 saturated heterocycles. The summed E-state index contributed by atoms with van der Waals surface area (Å²) in [6.07, 6.45) is 1.09. The number of ether oxygens (including phenoxy) is 1. The van der Waals surface area contributed by atoms with Crippen molar-refractivity contribution in [3.8, 4) is 5.75 Å². The quantitative estimate of drug-likeness (QED) is 0.850. The van der Waals surface area contributed by atoms with Gasteiger partial charge in [0.1, 0.15) is 16.4 Å². The van der Waals surface area contributed by atoms with Crippen molar-refractivity contribution in [1.82, 2.24) is 9.59 Å². The van der Waals surface area contributed by atoms with Gasteiger partial charge in [0.15, 0.2) is 0 Å². The minimum atomic E-state index is 0.731. The van der Waals surface area contributed by atoms with Crippen LogP contribution in [-0.4, -0.2) is 30.3 Å². The van der Waals surface area contributed by atoms with Crippen LogP contribution < -0.4 is 15.0 Å². The molecule has 2 rings (SSSR count). The molecule has 0 bridgehead atoms. The molecule has 0 fully saturated rings. The molecule has 0 spiro atoms. The Kier molecular flexibility index (Phi) is 5.17. The highest BCUT2D eigenvalue weighted by Gasteiger charge is 2.10. The highest BCUT2D eigenvalue weighted by atomic mass is 32.1. The third-order valence-electron chi connectivity index (χ3n) is 2.99. The van der Waals surface area contributed by atoms with Gasteiger partial charge in [0.25, 0.3) is 0 Å². The molecule has 1 N–H and O–H groups in total. The van der Waals surface area contributed by atoms with Crippen molar-refractivity contribution in [3.05, 3.63) is 30.0 Å². The van der Waals surface area contributed by atoms with Gasteiger partial charge in [-0.15, -0.1) is 5.10 Å². The minimum Gasteiger partial charge on any atom is -0.497 e. The molecular formula is C14H20N4OS. The molecule has 108 valence electrons. The van der Waals surface area contributed by atoms with Crippen molar-refractivity contribution in [3.63, 3.8) is 0 Å². The molecule has 2 aromatic rings. The zero-order valence-corrected chi connectivity index (χ0v) is 12.9. The Labute approximate surface area is 123 Å². The Bertz CT molecular complexity index is 526. The van der Waals surface area contributed by atoms with Gasteiger partial charge in [0.2, 0.25) is 0 Å². The second kappa shape index (κ2) is 7.09. The zero-order chi connectivity index (χ0) is 14.4.